The highest BCUT2D eigenvalue weighted by molar-refractivity contribution is 7.91. The van der Waals surface area contributed by atoms with Crippen LogP contribution >= 0.6 is 22.9 Å². The Morgan fingerprint density at radius 2 is 1.95 bits per heavy atom. The number of rotatable bonds is 2. The predicted molar refractivity (Wildman–Crippen MR) is 77.4 cm³/mol. The van der Waals surface area contributed by atoms with Crippen LogP contribution in [-0.2, 0) is 14.8 Å². The summed E-state index contributed by atoms with van der Waals surface area (Å²) in [5.41, 5.74) is -0.184. The fourth-order valence-corrected chi connectivity index (χ4v) is 5.95. The largest absolute Gasteiger partial charge is 0.351 e. The number of sulfonamides is 1. The number of carbonyl (C=O) groups is 1. The van der Waals surface area contributed by atoms with E-state index in [1.54, 1.807) is 12.1 Å². The van der Waals surface area contributed by atoms with Crippen LogP contribution in [0.3, 0.4) is 0 Å². The summed E-state index contributed by atoms with van der Waals surface area (Å²) in [4.78, 5) is 11.4. The van der Waals surface area contributed by atoms with Gasteiger partial charge < -0.3 is 5.32 Å². The quantitative estimate of drug-likeness (QED) is 0.897. The molecule has 0 unspecified atom stereocenters. The van der Waals surface area contributed by atoms with Gasteiger partial charge in [0, 0.05) is 25.0 Å². The SMILES string of the molecule is O=C1CCC2(CCN(S(=O)(=O)c3ccc(Cl)s3)CC2)N1. The van der Waals surface area contributed by atoms with Crippen LogP contribution in [0.1, 0.15) is 25.7 Å². The Balaban J connectivity index is 1.73. The third-order valence-electron chi connectivity index (χ3n) is 4.06. The molecule has 1 amide bonds. The number of nitrogens with one attached hydrogen (secondary N) is 1. The van der Waals surface area contributed by atoms with E-state index >= 15 is 0 Å². The molecule has 1 spiro atoms. The maximum atomic E-state index is 12.5. The molecule has 2 aliphatic rings. The highest BCUT2D eigenvalue weighted by Crippen LogP contribution is 2.35. The van der Waals surface area contributed by atoms with Gasteiger partial charge in [0.05, 0.1) is 4.34 Å². The number of hydrogen-bond donors (Lipinski definition) is 1. The molecule has 0 atom stereocenters. The fraction of sp³-hybridized carbons (Fsp3) is 0.583. The smallest absolute Gasteiger partial charge is 0.252 e. The molecule has 2 saturated heterocycles. The van der Waals surface area contributed by atoms with E-state index in [-0.39, 0.29) is 15.7 Å². The van der Waals surface area contributed by atoms with Gasteiger partial charge in [0.15, 0.2) is 0 Å². The van der Waals surface area contributed by atoms with Crippen LogP contribution in [-0.4, -0.2) is 37.3 Å². The summed E-state index contributed by atoms with van der Waals surface area (Å²) in [6.45, 7) is 0.885. The van der Waals surface area contributed by atoms with Gasteiger partial charge in [-0.05, 0) is 31.4 Å². The van der Waals surface area contributed by atoms with Gasteiger partial charge in [0.1, 0.15) is 4.21 Å². The first-order chi connectivity index (χ1) is 9.41. The maximum Gasteiger partial charge on any atom is 0.252 e. The van der Waals surface area contributed by atoms with Gasteiger partial charge in [0.25, 0.3) is 10.0 Å². The van der Waals surface area contributed by atoms with Crippen molar-refractivity contribution in [2.45, 2.75) is 35.4 Å². The summed E-state index contributed by atoms with van der Waals surface area (Å²) >= 11 is 6.89. The van der Waals surface area contributed by atoms with Crippen molar-refractivity contribution < 1.29 is 13.2 Å². The van der Waals surface area contributed by atoms with Gasteiger partial charge in [0.2, 0.25) is 5.91 Å². The monoisotopic (exact) mass is 334 g/mol. The van der Waals surface area contributed by atoms with Crippen molar-refractivity contribution >= 4 is 38.9 Å². The Morgan fingerprint density at radius 3 is 2.45 bits per heavy atom. The minimum atomic E-state index is -3.45. The van der Waals surface area contributed by atoms with Crippen molar-refractivity contribution in [3.05, 3.63) is 16.5 Å². The van der Waals surface area contributed by atoms with Gasteiger partial charge in [-0.25, -0.2) is 8.42 Å². The second-order valence-electron chi connectivity index (χ2n) is 5.29. The van der Waals surface area contributed by atoms with Gasteiger partial charge >= 0.3 is 0 Å². The van der Waals surface area contributed by atoms with E-state index in [2.05, 4.69) is 5.32 Å². The van der Waals surface area contributed by atoms with Crippen LogP contribution in [0.25, 0.3) is 0 Å². The van der Waals surface area contributed by atoms with Crippen LogP contribution in [0.4, 0.5) is 0 Å². The Labute approximate surface area is 127 Å². The Hall–Kier alpha value is -0.630. The molecule has 1 aromatic heterocycles. The summed E-state index contributed by atoms with van der Waals surface area (Å²) in [7, 11) is -3.45. The van der Waals surface area contributed by atoms with Gasteiger partial charge in [-0.1, -0.05) is 11.6 Å². The zero-order chi connectivity index (χ0) is 14.4. The lowest BCUT2D eigenvalue weighted by atomic mass is 9.87. The third-order valence-corrected chi connectivity index (χ3v) is 7.65. The normalized spacial score (nSPS) is 23.1. The van der Waals surface area contributed by atoms with Gasteiger partial charge in [-0.2, -0.15) is 4.31 Å². The van der Waals surface area contributed by atoms with Crippen LogP contribution in [0.2, 0.25) is 4.34 Å². The van der Waals surface area contributed by atoms with Crippen LogP contribution in [0.5, 0.6) is 0 Å². The van der Waals surface area contributed by atoms with Crippen molar-refractivity contribution in [3.63, 3.8) is 0 Å². The molecule has 0 radical (unpaired) electrons. The van der Waals surface area contributed by atoms with E-state index in [1.807, 2.05) is 0 Å². The highest BCUT2D eigenvalue weighted by atomic mass is 35.5. The molecule has 5 nitrogen and oxygen atoms in total. The number of thiophene rings is 1. The lowest BCUT2D eigenvalue weighted by Gasteiger charge is -2.38. The maximum absolute atomic E-state index is 12.5. The summed E-state index contributed by atoms with van der Waals surface area (Å²) in [5.74, 6) is 0.0753. The van der Waals surface area contributed by atoms with Gasteiger partial charge in [-0.15, -0.1) is 11.3 Å². The molecule has 3 rings (SSSR count). The van der Waals surface area contributed by atoms with Crippen molar-refractivity contribution in [1.82, 2.24) is 9.62 Å². The number of amides is 1. The third kappa shape index (κ3) is 2.47. The molecule has 0 bridgehead atoms. The Morgan fingerprint density at radius 1 is 1.25 bits per heavy atom. The molecular formula is C12H15ClN2O3S2. The summed E-state index contributed by atoms with van der Waals surface area (Å²) in [6, 6.07) is 3.14. The van der Waals surface area contributed by atoms with Crippen molar-refractivity contribution in [3.8, 4) is 0 Å². The molecule has 0 aromatic carbocycles. The van der Waals surface area contributed by atoms with Crippen LogP contribution < -0.4 is 5.32 Å². The summed E-state index contributed by atoms with van der Waals surface area (Å²) in [6.07, 6.45) is 2.71. The first-order valence-corrected chi connectivity index (χ1v) is 9.11. The molecule has 20 heavy (non-hydrogen) atoms. The zero-order valence-electron chi connectivity index (χ0n) is 10.8. The number of piperidine rings is 1. The molecule has 3 heterocycles. The molecule has 8 heteroatoms. The first kappa shape index (κ1) is 14.3. The first-order valence-electron chi connectivity index (χ1n) is 6.48. The second kappa shape index (κ2) is 4.98. The summed E-state index contributed by atoms with van der Waals surface area (Å²) < 4.78 is 27.2. The van der Waals surface area contributed by atoms with E-state index in [0.29, 0.717) is 36.7 Å². The Bertz CT molecular complexity index is 633. The fourth-order valence-electron chi connectivity index (χ4n) is 2.87. The number of hydrogen-bond acceptors (Lipinski definition) is 4. The Kier molecular flexibility index (Phi) is 3.56. The lowest BCUT2D eigenvalue weighted by molar-refractivity contribution is -0.120. The molecule has 2 aliphatic heterocycles. The molecule has 1 aromatic rings. The van der Waals surface area contributed by atoms with Crippen LogP contribution in [0, 0.1) is 0 Å². The van der Waals surface area contributed by atoms with E-state index in [0.717, 1.165) is 17.8 Å². The van der Waals surface area contributed by atoms with Crippen molar-refractivity contribution in [1.29, 1.82) is 0 Å². The van der Waals surface area contributed by atoms with Crippen LogP contribution in [0.15, 0.2) is 16.3 Å². The number of nitrogens with zero attached hydrogens (tertiary/aromatic N) is 1. The minimum Gasteiger partial charge on any atom is -0.351 e. The van der Waals surface area contributed by atoms with E-state index in [9.17, 15) is 13.2 Å². The zero-order valence-corrected chi connectivity index (χ0v) is 13.2. The molecule has 2 fully saturated rings. The highest BCUT2D eigenvalue weighted by Gasteiger charge is 2.42. The molecule has 0 saturated carbocycles. The predicted octanol–water partition coefficient (Wildman–Crippen LogP) is 1.83. The van der Waals surface area contributed by atoms with Crippen molar-refractivity contribution in [2.75, 3.05) is 13.1 Å². The van der Waals surface area contributed by atoms with E-state index in [4.69, 9.17) is 11.6 Å². The number of carbonyl (C=O) groups excluding carboxylic acids is 1. The average molecular weight is 335 g/mol. The number of halogens is 1. The molecular weight excluding hydrogens is 320 g/mol. The molecule has 110 valence electrons. The van der Waals surface area contributed by atoms with E-state index < -0.39 is 10.0 Å². The summed E-state index contributed by atoms with van der Waals surface area (Å²) in [5, 5.41) is 3.01. The second-order valence-corrected chi connectivity index (χ2v) is 9.17. The van der Waals surface area contributed by atoms with Gasteiger partial charge in [-0.3, -0.25) is 4.79 Å². The van der Waals surface area contributed by atoms with E-state index in [1.165, 1.54) is 4.31 Å². The lowest BCUT2D eigenvalue weighted by Crippen LogP contribution is -2.52. The topological polar surface area (TPSA) is 66.5 Å². The average Bonchev–Trinajstić information content (AvgIpc) is 2.98. The molecule has 0 aliphatic carbocycles. The standard InChI is InChI=1S/C12H15ClN2O3S2/c13-9-1-2-11(19-9)20(17,18)15-7-5-12(6-8-15)4-3-10(16)14-12/h1-2H,3-8H2,(H,14,16). The minimum absolute atomic E-state index is 0.0753. The van der Waals surface area contributed by atoms with Crippen molar-refractivity contribution in [2.24, 2.45) is 0 Å². The molecule has 1 N–H and O–H groups in total.